The maximum absolute atomic E-state index is 11.5. The van der Waals surface area contributed by atoms with Crippen LogP contribution in [-0.2, 0) is 22.6 Å². The van der Waals surface area contributed by atoms with E-state index in [9.17, 15) is 9.90 Å². The second-order valence-corrected chi connectivity index (χ2v) is 7.47. The molecule has 0 heterocycles. The van der Waals surface area contributed by atoms with Gasteiger partial charge in [0, 0.05) is 32.5 Å². The van der Waals surface area contributed by atoms with Gasteiger partial charge in [-0.25, -0.2) is 0 Å². The van der Waals surface area contributed by atoms with Crippen LogP contribution in [0.2, 0.25) is 0 Å². The molecule has 0 unspecified atom stereocenters. The summed E-state index contributed by atoms with van der Waals surface area (Å²) < 4.78 is 5.50. The molecule has 1 saturated carbocycles. The normalized spacial score (nSPS) is 22.6. The molecule has 0 amide bonds. The van der Waals surface area contributed by atoms with Gasteiger partial charge < -0.3 is 9.84 Å². The Bertz CT molecular complexity index is 663. The Labute approximate surface area is 161 Å². The predicted molar refractivity (Wildman–Crippen MR) is 106 cm³/mol. The molecule has 0 spiro atoms. The zero-order valence-electron chi connectivity index (χ0n) is 16.0. The van der Waals surface area contributed by atoms with E-state index >= 15 is 0 Å². The van der Waals surface area contributed by atoms with Crippen molar-refractivity contribution in [2.24, 2.45) is 5.92 Å². The van der Waals surface area contributed by atoms with Crippen LogP contribution in [0.1, 0.15) is 37.3 Å². The molecule has 0 aliphatic heterocycles. The molecule has 2 aromatic carbocycles. The first-order valence-electron chi connectivity index (χ1n) is 9.77. The van der Waals surface area contributed by atoms with Gasteiger partial charge in [0.05, 0.1) is 6.10 Å². The topological polar surface area (TPSA) is 49.8 Å². The van der Waals surface area contributed by atoms with Crippen molar-refractivity contribution in [1.82, 2.24) is 4.90 Å². The first-order chi connectivity index (χ1) is 13.1. The van der Waals surface area contributed by atoms with Crippen molar-refractivity contribution < 1.29 is 14.6 Å². The average Bonchev–Trinajstić information content (AvgIpc) is 2.66. The molecule has 0 bridgehead atoms. The fourth-order valence-electron chi connectivity index (χ4n) is 3.99. The molecule has 0 aromatic heterocycles. The number of carbonyl (C=O) groups excluding carboxylic acids is 1. The molecule has 4 heteroatoms. The molecule has 1 aliphatic rings. The molecular weight excluding hydrogens is 338 g/mol. The molecule has 1 aliphatic carbocycles. The van der Waals surface area contributed by atoms with Crippen molar-refractivity contribution in [3.05, 3.63) is 71.8 Å². The van der Waals surface area contributed by atoms with Crippen LogP contribution < -0.4 is 0 Å². The summed E-state index contributed by atoms with van der Waals surface area (Å²) in [6.07, 6.45) is 1.66. The average molecular weight is 367 g/mol. The van der Waals surface area contributed by atoms with E-state index in [4.69, 9.17) is 4.74 Å². The van der Waals surface area contributed by atoms with Crippen molar-refractivity contribution in [2.45, 2.75) is 51.5 Å². The number of benzene rings is 2. The summed E-state index contributed by atoms with van der Waals surface area (Å²) in [5.74, 6) is -0.173. The highest BCUT2D eigenvalue weighted by Gasteiger charge is 2.35. The lowest BCUT2D eigenvalue weighted by atomic mass is 9.83. The Morgan fingerprint density at radius 1 is 1.00 bits per heavy atom. The van der Waals surface area contributed by atoms with Crippen molar-refractivity contribution >= 4 is 5.97 Å². The number of aliphatic hydroxyl groups is 1. The number of nitrogens with zero attached hydrogens (tertiary/aromatic N) is 1. The number of hydrogen-bond donors (Lipinski definition) is 1. The molecule has 27 heavy (non-hydrogen) atoms. The molecule has 1 fully saturated rings. The van der Waals surface area contributed by atoms with Crippen molar-refractivity contribution in [2.75, 3.05) is 6.54 Å². The number of ether oxygens (including phenoxy) is 1. The minimum absolute atomic E-state index is 0.144. The SMILES string of the molecule is CC(=O)O[C@H]1[C@@H](CN(Cc2ccccc2)Cc2ccccc2)CCC[C@@H]1O. The van der Waals surface area contributed by atoms with Crippen LogP contribution in [0.5, 0.6) is 0 Å². The van der Waals surface area contributed by atoms with Crippen molar-refractivity contribution in [3.8, 4) is 0 Å². The lowest BCUT2D eigenvalue weighted by Crippen LogP contribution is -2.45. The van der Waals surface area contributed by atoms with Gasteiger partial charge in [-0.05, 0) is 24.0 Å². The number of esters is 1. The summed E-state index contributed by atoms with van der Waals surface area (Å²) in [7, 11) is 0. The zero-order valence-corrected chi connectivity index (χ0v) is 16.0. The van der Waals surface area contributed by atoms with Gasteiger partial charge in [0.15, 0.2) is 0 Å². The third kappa shape index (κ3) is 5.91. The minimum Gasteiger partial charge on any atom is -0.459 e. The van der Waals surface area contributed by atoms with Crippen LogP contribution in [0.25, 0.3) is 0 Å². The molecule has 0 radical (unpaired) electrons. The van der Waals surface area contributed by atoms with E-state index < -0.39 is 12.2 Å². The van der Waals surface area contributed by atoms with Gasteiger partial charge in [-0.3, -0.25) is 9.69 Å². The smallest absolute Gasteiger partial charge is 0.303 e. The van der Waals surface area contributed by atoms with Gasteiger partial charge >= 0.3 is 5.97 Å². The van der Waals surface area contributed by atoms with Gasteiger partial charge in [-0.2, -0.15) is 0 Å². The molecule has 0 saturated heterocycles. The van der Waals surface area contributed by atoms with Crippen LogP contribution >= 0.6 is 0 Å². The first kappa shape index (κ1) is 19.6. The minimum atomic E-state index is -0.567. The summed E-state index contributed by atoms with van der Waals surface area (Å²) in [4.78, 5) is 13.9. The maximum Gasteiger partial charge on any atom is 0.303 e. The van der Waals surface area contributed by atoms with Gasteiger partial charge in [-0.1, -0.05) is 67.1 Å². The Hall–Kier alpha value is -2.17. The Morgan fingerprint density at radius 2 is 1.56 bits per heavy atom. The second kappa shape index (κ2) is 9.67. The quantitative estimate of drug-likeness (QED) is 0.757. The van der Waals surface area contributed by atoms with Gasteiger partial charge in [0.25, 0.3) is 0 Å². The molecular formula is C23H29NO3. The van der Waals surface area contributed by atoms with E-state index in [2.05, 4.69) is 53.4 Å². The van der Waals surface area contributed by atoms with E-state index in [0.29, 0.717) is 6.42 Å². The summed E-state index contributed by atoms with van der Waals surface area (Å²) in [5, 5.41) is 10.4. The summed E-state index contributed by atoms with van der Waals surface area (Å²) in [6, 6.07) is 20.8. The highest BCUT2D eigenvalue weighted by atomic mass is 16.6. The van der Waals surface area contributed by atoms with Crippen molar-refractivity contribution in [3.63, 3.8) is 0 Å². The van der Waals surface area contributed by atoms with E-state index in [1.54, 1.807) is 0 Å². The second-order valence-electron chi connectivity index (χ2n) is 7.47. The first-order valence-corrected chi connectivity index (χ1v) is 9.77. The van der Waals surface area contributed by atoms with E-state index in [-0.39, 0.29) is 11.9 Å². The molecule has 2 aromatic rings. The lowest BCUT2D eigenvalue weighted by Gasteiger charge is -2.37. The monoisotopic (exact) mass is 367 g/mol. The third-order valence-corrected chi connectivity index (χ3v) is 5.21. The largest absolute Gasteiger partial charge is 0.459 e. The Morgan fingerprint density at radius 3 is 2.07 bits per heavy atom. The number of aliphatic hydroxyl groups excluding tert-OH is 1. The van der Waals surface area contributed by atoms with Crippen LogP contribution in [-0.4, -0.2) is 34.7 Å². The molecule has 3 atom stereocenters. The van der Waals surface area contributed by atoms with Gasteiger partial charge in [0.1, 0.15) is 6.10 Å². The number of carbonyl (C=O) groups is 1. The fourth-order valence-corrected chi connectivity index (χ4v) is 3.99. The predicted octanol–water partition coefficient (Wildman–Crippen LogP) is 3.78. The van der Waals surface area contributed by atoms with Crippen LogP contribution in [0.15, 0.2) is 60.7 Å². The van der Waals surface area contributed by atoms with Crippen LogP contribution in [0, 0.1) is 5.92 Å². The number of hydrogen-bond acceptors (Lipinski definition) is 4. The summed E-state index contributed by atoms with van der Waals surface area (Å²) in [6.45, 7) is 3.87. The molecule has 144 valence electrons. The van der Waals surface area contributed by atoms with Crippen LogP contribution in [0.4, 0.5) is 0 Å². The van der Waals surface area contributed by atoms with Gasteiger partial charge in [0.2, 0.25) is 0 Å². The third-order valence-electron chi connectivity index (χ3n) is 5.21. The molecule has 1 N–H and O–H groups in total. The highest BCUT2D eigenvalue weighted by molar-refractivity contribution is 5.66. The van der Waals surface area contributed by atoms with E-state index in [0.717, 1.165) is 32.5 Å². The van der Waals surface area contributed by atoms with Gasteiger partial charge in [-0.15, -0.1) is 0 Å². The molecule has 3 rings (SSSR count). The van der Waals surface area contributed by atoms with Crippen LogP contribution in [0.3, 0.4) is 0 Å². The fraction of sp³-hybridized carbons (Fsp3) is 0.435. The highest BCUT2D eigenvalue weighted by Crippen LogP contribution is 2.29. The summed E-state index contributed by atoms with van der Waals surface area (Å²) >= 11 is 0. The van der Waals surface area contributed by atoms with E-state index in [1.807, 2.05) is 12.1 Å². The Kier molecular flexibility index (Phi) is 7.02. The lowest BCUT2D eigenvalue weighted by molar-refractivity contribution is -0.161. The number of rotatable bonds is 7. The van der Waals surface area contributed by atoms with Crippen molar-refractivity contribution in [1.29, 1.82) is 0 Å². The maximum atomic E-state index is 11.5. The zero-order chi connectivity index (χ0) is 19.1. The summed E-state index contributed by atoms with van der Waals surface area (Å²) in [5.41, 5.74) is 2.52. The molecule has 4 nitrogen and oxygen atoms in total. The van der Waals surface area contributed by atoms with E-state index in [1.165, 1.54) is 18.1 Å². The standard InChI is InChI=1S/C23H29NO3/c1-18(25)27-23-21(13-8-14-22(23)26)17-24(15-19-9-4-2-5-10-19)16-20-11-6-3-7-12-20/h2-7,9-12,21-23,26H,8,13-17H2,1H3/t21-,22+,23+/m1/s1. The Balaban J connectivity index is 1.75.